The monoisotopic (exact) mass is 373 g/mol. The standard InChI is InChI=1S/C21H24ClNO3/c1-2-25-21(24)17-6-4-12-23(15-17)14-16-5-3-7-20(13-16)26-19-10-8-18(22)9-11-19/h3,5,7-11,13,17H,2,4,6,12,14-15H2,1H3/t17-/m0/s1. The number of nitrogens with zero attached hydrogens (tertiary/aromatic N) is 1. The van der Waals surface area contributed by atoms with E-state index in [0.717, 1.165) is 44.0 Å². The van der Waals surface area contributed by atoms with Crippen molar-refractivity contribution in [2.45, 2.75) is 26.3 Å². The Labute approximate surface area is 159 Å². The van der Waals surface area contributed by atoms with Crippen LogP contribution in [-0.4, -0.2) is 30.6 Å². The van der Waals surface area contributed by atoms with E-state index in [1.165, 1.54) is 5.56 Å². The van der Waals surface area contributed by atoms with Gasteiger partial charge in [-0.2, -0.15) is 0 Å². The first kappa shape index (κ1) is 18.7. The van der Waals surface area contributed by atoms with E-state index in [4.69, 9.17) is 21.1 Å². The van der Waals surface area contributed by atoms with Crippen LogP contribution >= 0.6 is 11.6 Å². The molecule has 2 aromatic rings. The lowest BCUT2D eigenvalue weighted by Gasteiger charge is -2.31. The number of esters is 1. The van der Waals surface area contributed by atoms with Crippen LogP contribution in [0.4, 0.5) is 0 Å². The fourth-order valence-electron chi connectivity index (χ4n) is 3.26. The molecule has 1 aliphatic rings. The molecule has 0 unspecified atom stereocenters. The quantitative estimate of drug-likeness (QED) is 0.674. The van der Waals surface area contributed by atoms with Crippen molar-refractivity contribution in [3.05, 3.63) is 59.1 Å². The number of ether oxygens (including phenoxy) is 2. The molecule has 0 N–H and O–H groups in total. The van der Waals surface area contributed by atoms with Crippen molar-refractivity contribution in [3.63, 3.8) is 0 Å². The average Bonchev–Trinajstić information content (AvgIpc) is 2.64. The van der Waals surface area contributed by atoms with Gasteiger partial charge < -0.3 is 9.47 Å². The van der Waals surface area contributed by atoms with Crippen LogP contribution in [0.3, 0.4) is 0 Å². The van der Waals surface area contributed by atoms with Crippen LogP contribution in [0, 0.1) is 5.92 Å². The molecule has 0 aromatic heterocycles. The molecule has 26 heavy (non-hydrogen) atoms. The highest BCUT2D eigenvalue weighted by Gasteiger charge is 2.26. The zero-order valence-electron chi connectivity index (χ0n) is 15.0. The fourth-order valence-corrected chi connectivity index (χ4v) is 3.38. The molecule has 1 saturated heterocycles. The minimum atomic E-state index is -0.0722. The molecule has 0 saturated carbocycles. The highest BCUT2D eigenvalue weighted by molar-refractivity contribution is 6.30. The van der Waals surface area contributed by atoms with E-state index in [1.807, 2.05) is 49.4 Å². The molecule has 0 spiro atoms. The number of hydrogen-bond acceptors (Lipinski definition) is 4. The zero-order chi connectivity index (χ0) is 18.4. The smallest absolute Gasteiger partial charge is 0.310 e. The summed E-state index contributed by atoms with van der Waals surface area (Å²) in [4.78, 5) is 14.3. The number of benzene rings is 2. The summed E-state index contributed by atoms with van der Waals surface area (Å²) in [5, 5.41) is 0.687. The van der Waals surface area contributed by atoms with Gasteiger partial charge >= 0.3 is 5.97 Å². The average molecular weight is 374 g/mol. The van der Waals surface area contributed by atoms with Gasteiger partial charge in [0.15, 0.2) is 0 Å². The Morgan fingerprint density at radius 3 is 2.77 bits per heavy atom. The topological polar surface area (TPSA) is 38.8 Å². The number of rotatable bonds is 6. The first-order valence-corrected chi connectivity index (χ1v) is 9.43. The van der Waals surface area contributed by atoms with Crippen LogP contribution in [0.5, 0.6) is 11.5 Å². The SMILES string of the molecule is CCOC(=O)[C@H]1CCCN(Cc2cccc(Oc3ccc(Cl)cc3)c2)C1. The van der Waals surface area contributed by atoms with E-state index >= 15 is 0 Å². The van der Waals surface area contributed by atoms with Gasteiger partial charge in [0.25, 0.3) is 0 Å². The summed E-state index contributed by atoms with van der Waals surface area (Å²) in [7, 11) is 0. The molecule has 3 rings (SSSR count). The van der Waals surface area contributed by atoms with Crippen LogP contribution in [0.15, 0.2) is 48.5 Å². The van der Waals surface area contributed by atoms with Crippen LogP contribution in [0.25, 0.3) is 0 Å². The van der Waals surface area contributed by atoms with E-state index in [2.05, 4.69) is 11.0 Å². The molecule has 0 bridgehead atoms. The third kappa shape index (κ3) is 5.23. The predicted octanol–water partition coefficient (Wildman–Crippen LogP) is 4.91. The summed E-state index contributed by atoms with van der Waals surface area (Å²) in [6.45, 7) is 4.84. The summed E-state index contributed by atoms with van der Waals surface area (Å²) in [6.07, 6.45) is 1.93. The molecular formula is C21H24ClNO3. The largest absolute Gasteiger partial charge is 0.466 e. The van der Waals surface area contributed by atoms with Crippen molar-refractivity contribution >= 4 is 17.6 Å². The van der Waals surface area contributed by atoms with Gasteiger partial charge in [-0.25, -0.2) is 0 Å². The lowest BCUT2D eigenvalue weighted by Crippen LogP contribution is -2.38. The van der Waals surface area contributed by atoms with Gasteiger partial charge in [0, 0.05) is 18.1 Å². The van der Waals surface area contributed by atoms with Gasteiger partial charge in [0.05, 0.1) is 12.5 Å². The van der Waals surface area contributed by atoms with Crippen molar-refractivity contribution in [2.24, 2.45) is 5.92 Å². The second-order valence-corrected chi connectivity index (χ2v) is 6.97. The van der Waals surface area contributed by atoms with Crippen molar-refractivity contribution in [1.29, 1.82) is 0 Å². The van der Waals surface area contributed by atoms with Crippen LogP contribution in [0.1, 0.15) is 25.3 Å². The molecule has 2 aromatic carbocycles. The Kier molecular flexibility index (Phi) is 6.53. The number of hydrogen-bond donors (Lipinski definition) is 0. The van der Waals surface area contributed by atoms with Crippen LogP contribution < -0.4 is 4.74 Å². The van der Waals surface area contributed by atoms with Gasteiger partial charge in [0.2, 0.25) is 0 Å². The highest BCUT2D eigenvalue weighted by Crippen LogP contribution is 2.25. The molecular weight excluding hydrogens is 350 g/mol. The third-order valence-electron chi connectivity index (χ3n) is 4.48. The Balaban J connectivity index is 1.61. The maximum atomic E-state index is 12.0. The molecule has 5 heteroatoms. The molecule has 1 heterocycles. The Morgan fingerprint density at radius 2 is 2.00 bits per heavy atom. The van der Waals surface area contributed by atoms with Crippen molar-refractivity contribution in [3.8, 4) is 11.5 Å². The minimum Gasteiger partial charge on any atom is -0.466 e. The first-order chi connectivity index (χ1) is 12.6. The second-order valence-electron chi connectivity index (χ2n) is 6.53. The maximum Gasteiger partial charge on any atom is 0.310 e. The molecule has 0 amide bonds. The molecule has 1 aliphatic heterocycles. The number of carbonyl (C=O) groups is 1. The number of carbonyl (C=O) groups excluding carboxylic acids is 1. The Morgan fingerprint density at radius 1 is 1.19 bits per heavy atom. The van der Waals surface area contributed by atoms with E-state index in [0.29, 0.717) is 11.6 Å². The van der Waals surface area contributed by atoms with Gasteiger partial charge in [0.1, 0.15) is 11.5 Å². The molecule has 4 nitrogen and oxygen atoms in total. The number of piperidine rings is 1. The Bertz CT molecular complexity index is 732. The van der Waals surface area contributed by atoms with Gasteiger partial charge in [-0.1, -0.05) is 23.7 Å². The minimum absolute atomic E-state index is 0.0165. The maximum absolute atomic E-state index is 12.0. The predicted molar refractivity (Wildman–Crippen MR) is 103 cm³/mol. The van der Waals surface area contributed by atoms with Crippen molar-refractivity contribution < 1.29 is 14.3 Å². The van der Waals surface area contributed by atoms with E-state index < -0.39 is 0 Å². The number of likely N-dealkylation sites (tertiary alicyclic amines) is 1. The van der Waals surface area contributed by atoms with Crippen LogP contribution in [0.2, 0.25) is 5.02 Å². The second kappa shape index (κ2) is 9.06. The number of halogens is 1. The normalized spacial score (nSPS) is 17.7. The molecule has 1 atom stereocenters. The van der Waals surface area contributed by atoms with Gasteiger partial charge in [-0.3, -0.25) is 9.69 Å². The Hall–Kier alpha value is -2.04. The van der Waals surface area contributed by atoms with E-state index in [-0.39, 0.29) is 11.9 Å². The third-order valence-corrected chi connectivity index (χ3v) is 4.73. The van der Waals surface area contributed by atoms with Crippen LogP contribution in [-0.2, 0) is 16.1 Å². The molecule has 0 radical (unpaired) electrons. The van der Waals surface area contributed by atoms with Crippen molar-refractivity contribution in [1.82, 2.24) is 4.90 Å². The summed E-state index contributed by atoms with van der Waals surface area (Å²) in [5.41, 5.74) is 1.17. The summed E-state index contributed by atoms with van der Waals surface area (Å²) < 4.78 is 11.1. The summed E-state index contributed by atoms with van der Waals surface area (Å²) in [6, 6.07) is 15.4. The van der Waals surface area contributed by atoms with E-state index in [1.54, 1.807) is 0 Å². The zero-order valence-corrected chi connectivity index (χ0v) is 15.7. The lowest BCUT2D eigenvalue weighted by molar-refractivity contribution is -0.150. The highest BCUT2D eigenvalue weighted by atomic mass is 35.5. The van der Waals surface area contributed by atoms with E-state index in [9.17, 15) is 4.79 Å². The lowest BCUT2D eigenvalue weighted by atomic mass is 9.97. The summed E-state index contributed by atoms with van der Waals surface area (Å²) >= 11 is 5.91. The van der Waals surface area contributed by atoms with Gasteiger partial charge in [-0.15, -0.1) is 0 Å². The first-order valence-electron chi connectivity index (χ1n) is 9.05. The fraction of sp³-hybridized carbons (Fsp3) is 0.381. The van der Waals surface area contributed by atoms with Gasteiger partial charge in [-0.05, 0) is 68.3 Å². The van der Waals surface area contributed by atoms with Crippen molar-refractivity contribution in [2.75, 3.05) is 19.7 Å². The molecule has 1 fully saturated rings. The molecule has 138 valence electrons. The molecule has 0 aliphatic carbocycles. The summed E-state index contributed by atoms with van der Waals surface area (Å²) in [5.74, 6) is 1.46.